The third kappa shape index (κ3) is 3.79. The molecule has 0 aliphatic rings. The number of thiazole rings is 1. The van der Waals surface area contributed by atoms with Gasteiger partial charge < -0.3 is 15.0 Å². The summed E-state index contributed by atoms with van der Waals surface area (Å²) in [5.74, 6) is 0. The number of H-pyrrole nitrogens is 1. The molecule has 25 heavy (non-hydrogen) atoms. The Balaban J connectivity index is 1.60. The van der Waals surface area contributed by atoms with Gasteiger partial charge in [-0.15, -0.1) is 0 Å². The first kappa shape index (κ1) is 17.3. The molecule has 5 nitrogen and oxygen atoms in total. The monoisotopic (exact) mass is 365 g/mol. The summed E-state index contributed by atoms with van der Waals surface area (Å²) in [6.45, 7) is 3.90. The molecule has 0 fully saturated rings. The number of alkyl halides is 2. The normalized spacial score (nSPS) is 11.2. The zero-order valence-electron chi connectivity index (χ0n) is 13.7. The van der Waals surface area contributed by atoms with Crippen molar-refractivity contribution in [2.45, 2.75) is 26.7 Å². The molecule has 0 saturated heterocycles. The van der Waals surface area contributed by atoms with E-state index in [4.69, 9.17) is 4.74 Å². The van der Waals surface area contributed by atoms with Gasteiger partial charge in [0.1, 0.15) is 0 Å². The molecule has 132 valence electrons. The van der Waals surface area contributed by atoms with Gasteiger partial charge >= 0.3 is 6.09 Å². The number of para-hydroxylation sites is 1. The number of aromatic nitrogens is 2. The molecule has 0 atom stereocenters. The zero-order chi connectivity index (χ0) is 18.0. The Morgan fingerprint density at radius 3 is 2.88 bits per heavy atom. The number of nitrogens with one attached hydrogen (secondary N) is 2. The number of aryl methyl sites for hydroxylation is 2. The quantitative estimate of drug-likeness (QED) is 0.699. The molecule has 2 N–H and O–H groups in total. The molecule has 3 aromatic rings. The van der Waals surface area contributed by atoms with E-state index in [0.717, 1.165) is 33.5 Å². The van der Waals surface area contributed by atoms with E-state index in [0.29, 0.717) is 18.0 Å². The number of hydrogen-bond donors (Lipinski definition) is 2. The van der Waals surface area contributed by atoms with Crippen molar-refractivity contribution in [2.75, 3.05) is 6.54 Å². The van der Waals surface area contributed by atoms with Crippen LogP contribution in [0.2, 0.25) is 0 Å². The zero-order valence-corrected chi connectivity index (χ0v) is 14.5. The highest BCUT2D eigenvalue weighted by Gasteiger charge is 2.21. The van der Waals surface area contributed by atoms with Gasteiger partial charge in [0.15, 0.2) is 5.69 Å². The van der Waals surface area contributed by atoms with Crippen LogP contribution >= 0.6 is 11.3 Å². The predicted molar refractivity (Wildman–Crippen MR) is 92.6 cm³/mol. The summed E-state index contributed by atoms with van der Waals surface area (Å²) < 4.78 is 30.7. The van der Waals surface area contributed by atoms with Crippen LogP contribution in [-0.4, -0.2) is 22.6 Å². The van der Waals surface area contributed by atoms with E-state index in [1.54, 1.807) is 6.92 Å². The van der Waals surface area contributed by atoms with Crippen LogP contribution in [0, 0.1) is 13.8 Å². The van der Waals surface area contributed by atoms with E-state index in [-0.39, 0.29) is 5.06 Å². The Bertz CT molecular complexity index is 905. The van der Waals surface area contributed by atoms with Gasteiger partial charge in [-0.1, -0.05) is 29.5 Å². The molecule has 8 heteroatoms. The third-order valence-corrected chi connectivity index (χ3v) is 4.66. The van der Waals surface area contributed by atoms with Gasteiger partial charge in [0.25, 0.3) is 6.43 Å². The van der Waals surface area contributed by atoms with Gasteiger partial charge in [0, 0.05) is 23.1 Å². The Hall–Kier alpha value is -2.48. The third-order valence-electron chi connectivity index (χ3n) is 3.79. The van der Waals surface area contributed by atoms with Crippen molar-refractivity contribution in [1.82, 2.24) is 15.3 Å². The molecule has 3 rings (SSSR count). The summed E-state index contributed by atoms with van der Waals surface area (Å²) in [5.41, 5.74) is 2.69. The number of halogens is 2. The standard InChI is InChI=1S/C17H17F2N3O2S/c1-9-11(12-5-3-4-6-13(12)21-9)7-8-20-17(23)24-16-14(15(18)19)22-10(2)25-16/h3-6,15,21H,7-8H2,1-2H3,(H,20,23). The molecule has 1 aromatic carbocycles. The van der Waals surface area contributed by atoms with Crippen LogP contribution in [0.4, 0.5) is 13.6 Å². The number of amides is 1. The minimum absolute atomic E-state index is 0.159. The van der Waals surface area contributed by atoms with E-state index >= 15 is 0 Å². The van der Waals surface area contributed by atoms with Crippen molar-refractivity contribution >= 4 is 28.3 Å². The van der Waals surface area contributed by atoms with E-state index in [2.05, 4.69) is 15.3 Å². The second kappa shape index (κ2) is 7.18. The summed E-state index contributed by atoms with van der Waals surface area (Å²) in [4.78, 5) is 18.8. The number of benzene rings is 1. The highest BCUT2D eigenvalue weighted by molar-refractivity contribution is 7.13. The molecule has 0 unspecified atom stereocenters. The average Bonchev–Trinajstić information content (AvgIpc) is 3.07. The molecule has 0 aliphatic heterocycles. The second-order valence-corrected chi connectivity index (χ2v) is 6.71. The Morgan fingerprint density at radius 1 is 1.36 bits per heavy atom. The van der Waals surface area contributed by atoms with Crippen molar-refractivity contribution in [3.8, 4) is 5.06 Å². The van der Waals surface area contributed by atoms with Crippen LogP contribution in [0.3, 0.4) is 0 Å². The van der Waals surface area contributed by atoms with Gasteiger partial charge in [-0.05, 0) is 31.9 Å². The van der Waals surface area contributed by atoms with Crippen molar-refractivity contribution in [1.29, 1.82) is 0 Å². The average molecular weight is 365 g/mol. The lowest BCUT2D eigenvalue weighted by Gasteiger charge is -2.06. The van der Waals surface area contributed by atoms with Crippen LogP contribution in [0.15, 0.2) is 24.3 Å². The molecular formula is C17H17F2N3O2S. The largest absolute Gasteiger partial charge is 0.413 e. The fraction of sp³-hybridized carbons (Fsp3) is 0.294. The predicted octanol–water partition coefficient (Wildman–Crippen LogP) is 4.51. The van der Waals surface area contributed by atoms with Crippen LogP contribution in [0.1, 0.15) is 28.4 Å². The van der Waals surface area contributed by atoms with Gasteiger partial charge in [0.05, 0.1) is 5.01 Å². The van der Waals surface area contributed by atoms with Crippen LogP contribution in [0.25, 0.3) is 10.9 Å². The maximum atomic E-state index is 12.9. The number of ether oxygens (including phenoxy) is 1. The van der Waals surface area contributed by atoms with Gasteiger partial charge in [-0.25, -0.2) is 18.6 Å². The fourth-order valence-corrected chi connectivity index (χ4v) is 3.47. The summed E-state index contributed by atoms with van der Waals surface area (Å²) in [7, 11) is 0. The number of fused-ring (bicyclic) bond motifs is 1. The van der Waals surface area contributed by atoms with Crippen LogP contribution in [-0.2, 0) is 6.42 Å². The molecular weight excluding hydrogens is 348 g/mol. The first-order chi connectivity index (χ1) is 12.0. The first-order valence-electron chi connectivity index (χ1n) is 7.73. The van der Waals surface area contributed by atoms with Crippen molar-refractivity contribution in [3.05, 3.63) is 46.2 Å². The SMILES string of the molecule is Cc1nc(C(F)F)c(OC(=O)NCCc2c(C)[nH]c3ccccc23)s1. The lowest BCUT2D eigenvalue weighted by atomic mass is 10.1. The molecule has 0 saturated carbocycles. The fourth-order valence-electron chi connectivity index (χ4n) is 2.70. The number of nitrogens with zero attached hydrogens (tertiary/aromatic N) is 1. The lowest BCUT2D eigenvalue weighted by Crippen LogP contribution is -2.28. The number of rotatable bonds is 5. The molecule has 0 spiro atoms. The molecule has 0 aliphatic carbocycles. The summed E-state index contributed by atoms with van der Waals surface area (Å²) in [6, 6.07) is 7.92. The van der Waals surface area contributed by atoms with E-state index in [1.807, 2.05) is 31.2 Å². The van der Waals surface area contributed by atoms with Gasteiger partial charge in [0.2, 0.25) is 5.06 Å². The van der Waals surface area contributed by atoms with Crippen LogP contribution < -0.4 is 10.1 Å². The summed E-state index contributed by atoms with van der Waals surface area (Å²) in [6.07, 6.45) is -2.93. The molecule has 2 heterocycles. The van der Waals surface area contributed by atoms with Crippen LogP contribution in [0.5, 0.6) is 5.06 Å². The van der Waals surface area contributed by atoms with Crippen molar-refractivity contribution in [3.63, 3.8) is 0 Å². The molecule has 0 bridgehead atoms. The maximum Gasteiger partial charge on any atom is 0.413 e. The summed E-state index contributed by atoms with van der Waals surface area (Å²) in [5, 5.41) is 3.97. The molecule has 2 aromatic heterocycles. The van der Waals surface area contributed by atoms with Gasteiger partial charge in [-0.3, -0.25) is 0 Å². The Labute approximate surface area is 147 Å². The van der Waals surface area contributed by atoms with Crippen molar-refractivity contribution < 1.29 is 18.3 Å². The van der Waals surface area contributed by atoms with E-state index in [1.165, 1.54) is 0 Å². The minimum Gasteiger partial charge on any atom is -0.397 e. The molecule has 1 amide bonds. The van der Waals surface area contributed by atoms with Gasteiger partial charge in [-0.2, -0.15) is 0 Å². The number of aromatic amines is 1. The van der Waals surface area contributed by atoms with E-state index in [9.17, 15) is 13.6 Å². The second-order valence-electron chi connectivity index (χ2n) is 5.55. The first-order valence-corrected chi connectivity index (χ1v) is 8.54. The Morgan fingerprint density at radius 2 is 2.12 bits per heavy atom. The van der Waals surface area contributed by atoms with Crippen molar-refractivity contribution in [2.24, 2.45) is 0 Å². The Kier molecular flexibility index (Phi) is 4.98. The smallest absolute Gasteiger partial charge is 0.397 e. The number of carbonyl (C=O) groups is 1. The minimum atomic E-state index is -2.78. The molecule has 0 radical (unpaired) electrons. The van der Waals surface area contributed by atoms with E-state index < -0.39 is 18.2 Å². The lowest BCUT2D eigenvalue weighted by molar-refractivity contribution is 0.142. The topological polar surface area (TPSA) is 67.0 Å². The highest BCUT2D eigenvalue weighted by Crippen LogP contribution is 2.34. The maximum absolute atomic E-state index is 12.9. The number of carbonyl (C=O) groups excluding carboxylic acids is 1. The highest BCUT2D eigenvalue weighted by atomic mass is 32.1. The number of hydrogen-bond acceptors (Lipinski definition) is 4. The summed E-state index contributed by atoms with van der Waals surface area (Å²) >= 11 is 0.927.